The molecule has 0 bridgehead atoms. The Hall–Kier alpha value is -1.14. The molecule has 1 fully saturated rings. The van der Waals surface area contributed by atoms with Crippen LogP contribution in [-0.2, 0) is 4.74 Å². The quantitative estimate of drug-likeness (QED) is 0.843. The van der Waals surface area contributed by atoms with E-state index in [1.165, 1.54) is 6.42 Å². The van der Waals surface area contributed by atoms with E-state index in [0.717, 1.165) is 24.3 Å². The molecule has 1 aromatic heterocycles. The number of methoxy groups -OCH3 is 1. The molecular weight excluding hydrogens is 262 g/mol. The van der Waals surface area contributed by atoms with Crippen LogP contribution in [0.25, 0.3) is 0 Å². The monoisotopic (exact) mass is 283 g/mol. The van der Waals surface area contributed by atoms with Crippen LogP contribution in [0.2, 0.25) is 0 Å². The van der Waals surface area contributed by atoms with Gasteiger partial charge in [-0.25, -0.2) is 9.78 Å². The molecule has 106 valence electrons. The van der Waals surface area contributed by atoms with E-state index in [1.54, 1.807) is 24.6 Å². The van der Waals surface area contributed by atoms with Crippen molar-refractivity contribution in [1.29, 1.82) is 0 Å². The fourth-order valence-electron chi connectivity index (χ4n) is 2.22. The number of nitrogens with zero attached hydrogens (tertiary/aromatic N) is 1. The van der Waals surface area contributed by atoms with Crippen molar-refractivity contribution in [2.24, 2.45) is 0 Å². The fourth-order valence-corrected chi connectivity index (χ4v) is 2.99. The highest BCUT2D eigenvalue weighted by Crippen LogP contribution is 2.34. The van der Waals surface area contributed by atoms with Crippen molar-refractivity contribution in [3.8, 4) is 0 Å². The number of urea groups is 1. The van der Waals surface area contributed by atoms with Crippen LogP contribution < -0.4 is 10.6 Å². The third kappa shape index (κ3) is 3.45. The van der Waals surface area contributed by atoms with Crippen LogP contribution in [0.1, 0.15) is 43.7 Å². The Kier molecular flexibility index (Phi) is 4.76. The first-order valence-electron chi connectivity index (χ1n) is 6.68. The van der Waals surface area contributed by atoms with Crippen LogP contribution in [0.3, 0.4) is 0 Å². The standard InChI is InChI=1S/C13H21N3O2S/c1-3-10(11-14-7-8-19-11)16-12(17)15-9-13(18-2)5-4-6-13/h7-8,10H,3-6,9H2,1-2H3,(H2,15,16,17)/t10-/m1/s1. The van der Waals surface area contributed by atoms with Crippen LogP contribution in [0.15, 0.2) is 11.6 Å². The Bertz CT molecular complexity index is 399. The Morgan fingerprint density at radius 3 is 2.89 bits per heavy atom. The van der Waals surface area contributed by atoms with E-state index in [9.17, 15) is 4.79 Å². The van der Waals surface area contributed by atoms with Crippen LogP contribution in [0.4, 0.5) is 4.79 Å². The predicted molar refractivity (Wildman–Crippen MR) is 75.3 cm³/mol. The number of ether oxygens (including phenoxy) is 1. The topological polar surface area (TPSA) is 63.2 Å². The summed E-state index contributed by atoms with van der Waals surface area (Å²) in [5, 5.41) is 8.73. The van der Waals surface area contributed by atoms with Gasteiger partial charge in [0.05, 0.1) is 11.6 Å². The number of carbonyl (C=O) groups is 1. The van der Waals surface area contributed by atoms with Gasteiger partial charge in [0.1, 0.15) is 5.01 Å². The van der Waals surface area contributed by atoms with Gasteiger partial charge < -0.3 is 15.4 Å². The minimum absolute atomic E-state index is 0.0140. The molecule has 5 nitrogen and oxygen atoms in total. The van der Waals surface area contributed by atoms with Crippen molar-refractivity contribution in [2.45, 2.75) is 44.2 Å². The van der Waals surface area contributed by atoms with E-state index in [4.69, 9.17) is 4.74 Å². The Morgan fingerprint density at radius 1 is 1.63 bits per heavy atom. The molecule has 0 spiro atoms. The minimum Gasteiger partial charge on any atom is -0.376 e. The summed E-state index contributed by atoms with van der Waals surface area (Å²) in [5.74, 6) is 0. The highest BCUT2D eigenvalue weighted by atomic mass is 32.1. The maximum Gasteiger partial charge on any atom is 0.315 e. The lowest BCUT2D eigenvalue weighted by molar-refractivity contribution is -0.0674. The van der Waals surface area contributed by atoms with Crippen LogP contribution >= 0.6 is 11.3 Å². The summed E-state index contributed by atoms with van der Waals surface area (Å²) in [6, 6.07) is -0.162. The fraction of sp³-hybridized carbons (Fsp3) is 0.692. The third-order valence-electron chi connectivity index (χ3n) is 3.73. The molecule has 0 unspecified atom stereocenters. The Morgan fingerprint density at radius 2 is 2.42 bits per heavy atom. The lowest BCUT2D eigenvalue weighted by Gasteiger charge is -2.40. The lowest BCUT2D eigenvalue weighted by Crippen LogP contribution is -2.51. The highest BCUT2D eigenvalue weighted by molar-refractivity contribution is 7.09. The number of hydrogen-bond acceptors (Lipinski definition) is 4. The molecular formula is C13H21N3O2S. The van der Waals surface area contributed by atoms with Gasteiger partial charge in [0.15, 0.2) is 0 Å². The molecule has 1 aliphatic rings. The van der Waals surface area contributed by atoms with Gasteiger partial charge in [0.2, 0.25) is 0 Å². The third-order valence-corrected chi connectivity index (χ3v) is 4.62. The van der Waals surface area contributed by atoms with Crippen molar-refractivity contribution < 1.29 is 9.53 Å². The molecule has 1 atom stereocenters. The molecule has 6 heteroatoms. The zero-order valence-corrected chi connectivity index (χ0v) is 12.3. The largest absolute Gasteiger partial charge is 0.376 e. The number of amides is 2. The van der Waals surface area contributed by atoms with Gasteiger partial charge in [-0.3, -0.25) is 0 Å². The van der Waals surface area contributed by atoms with Gasteiger partial charge >= 0.3 is 6.03 Å². The summed E-state index contributed by atoms with van der Waals surface area (Å²) in [6.45, 7) is 2.61. The summed E-state index contributed by atoms with van der Waals surface area (Å²) in [4.78, 5) is 16.2. The van der Waals surface area contributed by atoms with Gasteiger partial charge in [-0.1, -0.05) is 6.92 Å². The van der Waals surface area contributed by atoms with Crippen molar-refractivity contribution in [3.05, 3.63) is 16.6 Å². The molecule has 2 amide bonds. The van der Waals surface area contributed by atoms with Gasteiger partial charge in [-0.15, -0.1) is 11.3 Å². The van der Waals surface area contributed by atoms with Crippen LogP contribution in [0, 0.1) is 0 Å². The van der Waals surface area contributed by atoms with E-state index < -0.39 is 0 Å². The molecule has 0 saturated heterocycles. The Labute approximate surface area is 117 Å². The van der Waals surface area contributed by atoms with Gasteiger partial charge in [-0.05, 0) is 25.7 Å². The van der Waals surface area contributed by atoms with Crippen LogP contribution in [-0.4, -0.2) is 30.3 Å². The average Bonchev–Trinajstić information content (AvgIpc) is 2.89. The van der Waals surface area contributed by atoms with E-state index >= 15 is 0 Å². The molecule has 0 aliphatic heterocycles. The zero-order chi connectivity index (χ0) is 13.7. The maximum atomic E-state index is 11.9. The lowest BCUT2D eigenvalue weighted by atomic mass is 9.80. The molecule has 1 saturated carbocycles. The summed E-state index contributed by atoms with van der Waals surface area (Å²) in [5.41, 5.74) is -0.139. The van der Waals surface area contributed by atoms with Crippen molar-refractivity contribution in [1.82, 2.24) is 15.6 Å². The molecule has 1 aromatic rings. The number of thiazole rings is 1. The van der Waals surface area contributed by atoms with Gasteiger partial charge in [0, 0.05) is 25.2 Å². The second-order valence-corrected chi connectivity index (χ2v) is 5.83. The summed E-state index contributed by atoms with van der Waals surface area (Å²) < 4.78 is 5.47. The second kappa shape index (κ2) is 6.34. The van der Waals surface area contributed by atoms with E-state index in [2.05, 4.69) is 15.6 Å². The molecule has 1 aliphatic carbocycles. The normalized spacial score (nSPS) is 18.4. The molecule has 0 radical (unpaired) electrons. The van der Waals surface area contributed by atoms with Crippen molar-refractivity contribution in [2.75, 3.05) is 13.7 Å². The smallest absolute Gasteiger partial charge is 0.315 e. The van der Waals surface area contributed by atoms with Crippen molar-refractivity contribution in [3.63, 3.8) is 0 Å². The van der Waals surface area contributed by atoms with E-state index in [-0.39, 0.29) is 17.7 Å². The SMILES string of the molecule is CC[C@@H](NC(=O)NCC1(OC)CCC1)c1nccs1. The minimum atomic E-state index is -0.148. The van der Waals surface area contributed by atoms with Gasteiger partial charge in [0.25, 0.3) is 0 Å². The molecule has 1 heterocycles. The van der Waals surface area contributed by atoms with Crippen LogP contribution in [0.5, 0.6) is 0 Å². The summed E-state index contributed by atoms with van der Waals surface area (Å²) in [7, 11) is 1.71. The number of rotatable bonds is 6. The number of aromatic nitrogens is 1. The number of hydrogen-bond donors (Lipinski definition) is 2. The van der Waals surface area contributed by atoms with E-state index in [1.807, 2.05) is 12.3 Å². The van der Waals surface area contributed by atoms with Gasteiger partial charge in [-0.2, -0.15) is 0 Å². The summed E-state index contributed by atoms with van der Waals surface area (Å²) in [6.07, 6.45) is 5.81. The van der Waals surface area contributed by atoms with Crippen molar-refractivity contribution >= 4 is 17.4 Å². The first-order chi connectivity index (χ1) is 9.19. The Balaban J connectivity index is 1.80. The summed E-state index contributed by atoms with van der Waals surface area (Å²) >= 11 is 1.56. The first-order valence-corrected chi connectivity index (χ1v) is 7.56. The zero-order valence-electron chi connectivity index (χ0n) is 11.4. The number of nitrogens with one attached hydrogen (secondary N) is 2. The van der Waals surface area contributed by atoms with E-state index in [0.29, 0.717) is 6.54 Å². The highest BCUT2D eigenvalue weighted by Gasteiger charge is 2.37. The second-order valence-electron chi connectivity index (χ2n) is 4.90. The number of carbonyl (C=O) groups excluding carboxylic acids is 1. The average molecular weight is 283 g/mol. The molecule has 2 rings (SSSR count). The molecule has 2 N–H and O–H groups in total. The first kappa shape index (κ1) is 14.3. The maximum absolute atomic E-state index is 11.9. The molecule has 0 aromatic carbocycles. The molecule has 19 heavy (non-hydrogen) atoms. The predicted octanol–water partition coefficient (Wildman–Crippen LogP) is 2.46.